The van der Waals surface area contributed by atoms with Crippen LogP contribution in [0.5, 0.6) is 5.75 Å². The SMILES string of the molecule is CC(CN)CCc1nc(C2Cc3ccccc3O2)no1. The van der Waals surface area contributed by atoms with Crippen LogP contribution in [-0.2, 0) is 12.8 Å². The number of aryl methyl sites for hydroxylation is 1. The smallest absolute Gasteiger partial charge is 0.226 e. The average molecular weight is 273 g/mol. The minimum absolute atomic E-state index is 0.128. The molecule has 106 valence electrons. The van der Waals surface area contributed by atoms with Crippen molar-refractivity contribution in [3.8, 4) is 5.75 Å². The van der Waals surface area contributed by atoms with Crippen LogP contribution in [0.3, 0.4) is 0 Å². The molecule has 0 amide bonds. The van der Waals surface area contributed by atoms with Crippen LogP contribution < -0.4 is 10.5 Å². The molecule has 20 heavy (non-hydrogen) atoms. The molecule has 0 saturated heterocycles. The Morgan fingerprint density at radius 3 is 3.05 bits per heavy atom. The molecule has 1 aromatic carbocycles. The normalized spacial score (nSPS) is 18.6. The number of fused-ring (bicyclic) bond motifs is 1. The number of nitrogens with zero attached hydrogens (tertiary/aromatic N) is 2. The van der Waals surface area contributed by atoms with Crippen molar-refractivity contribution in [3.63, 3.8) is 0 Å². The molecule has 0 saturated carbocycles. The van der Waals surface area contributed by atoms with E-state index in [1.54, 1.807) is 0 Å². The van der Waals surface area contributed by atoms with Crippen molar-refractivity contribution in [2.45, 2.75) is 32.3 Å². The summed E-state index contributed by atoms with van der Waals surface area (Å²) in [5.41, 5.74) is 6.80. The fourth-order valence-corrected chi connectivity index (χ4v) is 2.31. The summed E-state index contributed by atoms with van der Waals surface area (Å²) in [7, 11) is 0. The maximum atomic E-state index is 5.85. The molecule has 0 radical (unpaired) electrons. The molecule has 2 N–H and O–H groups in total. The van der Waals surface area contributed by atoms with Crippen molar-refractivity contribution in [2.24, 2.45) is 11.7 Å². The number of ether oxygens (including phenoxy) is 1. The van der Waals surface area contributed by atoms with Gasteiger partial charge in [0.15, 0.2) is 6.10 Å². The van der Waals surface area contributed by atoms with Gasteiger partial charge in [-0.1, -0.05) is 30.3 Å². The lowest BCUT2D eigenvalue weighted by atomic mass is 10.1. The lowest BCUT2D eigenvalue weighted by Crippen LogP contribution is -2.11. The van der Waals surface area contributed by atoms with Crippen molar-refractivity contribution >= 4 is 0 Å². The van der Waals surface area contributed by atoms with Crippen molar-refractivity contribution in [2.75, 3.05) is 6.54 Å². The standard InChI is InChI=1S/C15H19N3O2/c1-10(9-16)6-7-14-17-15(18-20-14)13-8-11-4-2-3-5-12(11)19-13/h2-5,10,13H,6-9,16H2,1H3. The lowest BCUT2D eigenvalue weighted by molar-refractivity contribution is 0.221. The van der Waals surface area contributed by atoms with Crippen molar-refractivity contribution < 1.29 is 9.26 Å². The van der Waals surface area contributed by atoms with E-state index in [0.29, 0.717) is 24.2 Å². The molecule has 0 fully saturated rings. The second kappa shape index (κ2) is 5.63. The Bertz CT molecular complexity index is 557. The van der Waals surface area contributed by atoms with E-state index in [0.717, 1.165) is 25.0 Å². The number of nitrogens with two attached hydrogens (primary N) is 1. The maximum absolute atomic E-state index is 5.85. The van der Waals surface area contributed by atoms with Gasteiger partial charge >= 0.3 is 0 Å². The van der Waals surface area contributed by atoms with Crippen LogP contribution >= 0.6 is 0 Å². The molecule has 1 aliphatic heterocycles. The number of rotatable bonds is 5. The van der Waals surface area contributed by atoms with E-state index in [1.807, 2.05) is 18.2 Å². The highest BCUT2D eigenvalue weighted by Gasteiger charge is 2.28. The van der Waals surface area contributed by atoms with E-state index in [-0.39, 0.29) is 6.10 Å². The summed E-state index contributed by atoms with van der Waals surface area (Å²) in [5, 5.41) is 4.04. The molecule has 2 aromatic rings. The first-order valence-electron chi connectivity index (χ1n) is 7.03. The molecule has 2 atom stereocenters. The molecule has 1 aromatic heterocycles. The van der Waals surface area contributed by atoms with E-state index >= 15 is 0 Å². The molecule has 2 heterocycles. The summed E-state index contributed by atoms with van der Waals surface area (Å²) in [6, 6.07) is 8.02. The number of benzene rings is 1. The molecule has 3 rings (SSSR count). The zero-order valence-electron chi connectivity index (χ0n) is 11.6. The highest BCUT2D eigenvalue weighted by molar-refractivity contribution is 5.37. The molecule has 0 bridgehead atoms. The van der Waals surface area contributed by atoms with Crippen LogP contribution in [0.25, 0.3) is 0 Å². The van der Waals surface area contributed by atoms with Gasteiger partial charge in [-0.15, -0.1) is 0 Å². The van der Waals surface area contributed by atoms with Crippen molar-refractivity contribution in [3.05, 3.63) is 41.5 Å². The van der Waals surface area contributed by atoms with E-state index < -0.39 is 0 Å². The Kier molecular flexibility index (Phi) is 3.69. The maximum Gasteiger partial charge on any atom is 0.226 e. The number of hydrogen-bond donors (Lipinski definition) is 1. The highest BCUT2D eigenvalue weighted by Crippen LogP contribution is 2.35. The minimum atomic E-state index is -0.128. The van der Waals surface area contributed by atoms with Crippen LogP contribution in [0.2, 0.25) is 0 Å². The molecule has 2 unspecified atom stereocenters. The van der Waals surface area contributed by atoms with Crippen LogP contribution in [0.15, 0.2) is 28.8 Å². The summed E-state index contributed by atoms with van der Waals surface area (Å²) >= 11 is 0. The zero-order valence-corrected chi connectivity index (χ0v) is 11.6. The van der Waals surface area contributed by atoms with Gasteiger partial charge in [-0.05, 0) is 30.5 Å². The lowest BCUT2D eigenvalue weighted by Gasteiger charge is -2.05. The van der Waals surface area contributed by atoms with Crippen molar-refractivity contribution in [1.29, 1.82) is 0 Å². The number of para-hydroxylation sites is 1. The van der Waals surface area contributed by atoms with Gasteiger partial charge in [0.05, 0.1) is 0 Å². The van der Waals surface area contributed by atoms with Crippen molar-refractivity contribution in [1.82, 2.24) is 10.1 Å². The first kappa shape index (κ1) is 13.1. The van der Waals surface area contributed by atoms with Gasteiger partial charge < -0.3 is 15.0 Å². The van der Waals surface area contributed by atoms with Gasteiger partial charge in [0.1, 0.15) is 5.75 Å². The third-order valence-electron chi connectivity index (χ3n) is 3.67. The third kappa shape index (κ3) is 2.67. The molecular formula is C15H19N3O2. The summed E-state index contributed by atoms with van der Waals surface area (Å²) in [6.45, 7) is 2.80. The van der Waals surface area contributed by atoms with Gasteiger partial charge in [-0.2, -0.15) is 4.98 Å². The fraction of sp³-hybridized carbons (Fsp3) is 0.467. The summed E-state index contributed by atoms with van der Waals surface area (Å²) in [4.78, 5) is 4.44. The molecule has 5 heteroatoms. The minimum Gasteiger partial charge on any atom is -0.482 e. The van der Waals surface area contributed by atoms with Gasteiger partial charge in [0, 0.05) is 12.8 Å². The average Bonchev–Trinajstić information content (AvgIpc) is 3.10. The largest absolute Gasteiger partial charge is 0.482 e. The Labute approximate surface area is 118 Å². The zero-order chi connectivity index (χ0) is 13.9. The van der Waals surface area contributed by atoms with Gasteiger partial charge in [0.2, 0.25) is 11.7 Å². The topological polar surface area (TPSA) is 74.2 Å². The Morgan fingerprint density at radius 2 is 2.25 bits per heavy atom. The number of aromatic nitrogens is 2. The highest BCUT2D eigenvalue weighted by atomic mass is 16.5. The monoisotopic (exact) mass is 273 g/mol. The quantitative estimate of drug-likeness (QED) is 0.904. The van der Waals surface area contributed by atoms with E-state index in [9.17, 15) is 0 Å². The predicted octanol–water partition coefficient (Wildman–Crippen LogP) is 2.27. The van der Waals surface area contributed by atoms with Crippen LogP contribution in [-0.4, -0.2) is 16.7 Å². The third-order valence-corrected chi connectivity index (χ3v) is 3.67. The Hall–Kier alpha value is -1.88. The predicted molar refractivity (Wildman–Crippen MR) is 74.4 cm³/mol. The molecule has 5 nitrogen and oxygen atoms in total. The van der Waals surface area contributed by atoms with E-state index in [4.69, 9.17) is 15.0 Å². The van der Waals surface area contributed by atoms with E-state index in [2.05, 4.69) is 23.1 Å². The Balaban J connectivity index is 1.64. The second-order valence-electron chi connectivity index (χ2n) is 5.34. The van der Waals surface area contributed by atoms with Gasteiger partial charge in [0.25, 0.3) is 0 Å². The first-order valence-corrected chi connectivity index (χ1v) is 7.03. The van der Waals surface area contributed by atoms with Gasteiger partial charge in [-0.25, -0.2) is 0 Å². The second-order valence-corrected chi connectivity index (χ2v) is 5.34. The number of hydrogen-bond acceptors (Lipinski definition) is 5. The Morgan fingerprint density at radius 1 is 1.40 bits per heavy atom. The van der Waals surface area contributed by atoms with Crippen LogP contribution in [0, 0.1) is 5.92 Å². The molecule has 0 aliphatic carbocycles. The van der Waals surface area contributed by atoms with Gasteiger partial charge in [-0.3, -0.25) is 0 Å². The van der Waals surface area contributed by atoms with Crippen LogP contribution in [0.1, 0.15) is 36.7 Å². The molecular weight excluding hydrogens is 254 g/mol. The first-order chi connectivity index (χ1) is 9.76. The van der Waals surface area contributed by atoms with Crippen LogP contribution in [0.4, 0.5) is 0 Å². The molecule has 1 aliphatic rings. The van der Waals surface area contributed by atoms with E-state index in [1.165, 1.54) is 5.56 Å². The summed E-state index contributed by atoms with van der Waals surface area (Å²) in [6.07, 6.45) is 2.40. The molecule has 0 spiro atoms. The summed E-state index contributed by atoms with van der Waals surface area (Å²) in [5.74, 6) is 2.69. The summed E-state index contributed by atoms with van der Waals surface area (Å²) < 4.78 is 11.1. The fourth-order valence-electron chi connectivity index (χ4n) is 2.31.